The summed E-state index contributed by atoms with van der Waals surface area (Å²) >= 11 is 0. The van der Waals surface area contributed by atoms with E-state index in [0.29, 0.717) is 30.9 Å². The molecule has 2 amide bonds. The summed E-state index contributed by atoms with van der Waals surface area (Å²) in [6.45, 7) is 6.49. The molecule has 4 fully saturated rings. The van der Waals surface area contributed by atoms with E-state index in [1.54, 1.807) is 21.0 Å². The number of hydrogen-bond donors (Lipinski definition) is 1. The fraction of sp³-hybridized carbons (Fsp3) is 0.488. The highest BCUT2D eigenvalue weighted by Gasteiger charge is 2.53. The number of carbonyl (C=O) groups is 2. The van der Waals surface area contributed by atoms with Crippen molar-refractivity contribution in [2.45, 2.75) is 107 Å². The number of carbonyl (C=O) groups excluding carboxylic acids is 2. The maximum Gasteiger partial charge on any atom is 0.265 e. The number of allylic oxidation sites excluding steroid dienone is 4. The van der Waals surface area contributed by atoms with Gasteiger partial charge in [0.15, 0.2) is 0 Å². The fourth-order valence-corrected chi connectivity index (χ4v) is 11.2. The molecule has 3 aromatic rings. The van der Waals surface area contributed by atoms with Crippen molar-refractivity contribution < 1.29 is 22.7 Å². The summed E-state index contributed by atoms with van der Waals surface area (Å²) in [6.07, 6.45) is 12.1. The summed E-state index contributed by atoms with van der Waals surface area (Å²) in [6, 6.07) is 17.5. The first-order valence-corrected chi connectivity index (χ1v) is 21.2. The molecule has 2 bridgehead atoms. The molecule has 1 N–H and O–H groups in total. The molecular weight excluding hydrogens is 685 g/mol. The van der Waals surface area contributed by atoms with Gasteiger partial charge in [0.05, 0.1) is 29.4 Å². The molecule has 9 nitrogen and oxygen atoms in total. The molecule has 53 heavy (non-hydrogen) atoms. The van der Waals surface area contributed by atoms with Gasteiger partial charge in [0.25, 0.3) is 5.91 Å². The van der Waals surface area contributed by atoms with E-state index in [-0.39, 0.29) is 29.8 Å². The summed E-state index contributed by atoms with van der Waals surface area (Å²) < 4.78 is 36.9. The van der Waals surface area contributed by atoms with E-state index < -0.39 is 21.2 Å². The van der Waals surface area contributed by atoms with Crippen molar-refractivity contribution in [3.63, 3.8) is 0 Å². The molecule has 10 heteroatoms. The van der Waals surface area contributed by atoms with Crippen molar-refractivity contribution in [3.8, 4) is 5.75 Å². The van der Waals surface area contributed by atoms with E-state index in [0.717, 1.165) is 78.0 Å². The molecule has 1 aromatic heterocycles. The SMILES string of the molecule is CCC(C)S(=O)(=O)NC(=O)C1=C2Cn3c(cc4c(OC)ccc(C5CCCCC5)c43)C3C(=C21)C=CC[C@H]3C(=O)N1C2CC1CN(Cc1ccccc1)C2. The number of ether oxygens (including phenoxy) is 1. The van der Waals surface area contributed by atoms with Crippen molar-refractivity contribution in [2.75, 3.05) is 20.2 Å². The third-order valence-corrected chi connectivity index (χ3v) is 15.0. The zero-order valence-electron chi connectivity index (χ0n) is 31.0. The number of fused-ring (bicyclic) bond motifs is 8. The van der Waals surface area contributed by atoms with Gasteiger partial charge in [-0.05, 0) is 84.9 Å². The van der Waals surface area contributed by atoms with Crippen LogP contribution in [0.2, 0.25) is 0 Å². The number of benzene rings is 2. The highest BCUT2D eigenvalue weighted by molar-refractivity contribution is 7.90. The number of sulfonamides is 1. The molecule has 7 aliphatic rings. The number of amides is 2. The standard InChI is InChI=1S/C43H50N4O5S/c1-4-26(2)53(50,51)44-42(48)40-35-25-46-36(21-34-37(52-3)19-18-31(41(34)46)28-14-9-6-10-15-28)38-32(39(35)40)16-11-17-33(38)43(49)47-29-20-30(47)24-45(23-29)22-27-12-7-5-8-13-27/h5,7-8,11-13,16,18-19,21,26,28-30,33,38H,4,6,9-10,14-15,17,20,22-25H2,1-3H3,(H,44,48)/t26?,29?,30?,33-,38?/m1/s1. The van der Waals surface area contributed by atoms with Gasteiger partial charge >= 0.3 is 0 Å². The monoisotopic (exact) mass is 734 g/mol. The van der Waals surface area contributed by atoms with Crippen LogP contribution in [0.15, 0.2) is 83.0 Å². The number of piperidine rings is 1. The summed E-state index contributed by atoms with van der Waals surface area (Å²) in [5.74, 6) is 0.223. The highest BCUT2D eigenvalue weighted by atomic mass is 32.2. The highest BCUT2D eigenvalue weighted by Crippen LogP contribution is 2.56. The second-order valence-corrected chi connectivity index (χ2v) is 18.3. The predicted molar refractivity (Wildman–Crippen MR) is 206 cm³/mol. The molecule has 4 unspecified atom stereocenters. The molecule has 278 valence electrons. The smallest absolute Gasteiger partial charge is 0.265 e. The second-order valence-electron chi connectivity index (χ2n) is 16.2. The molecule has 0 spiro atoms. The van der Waals surface area contributed by atoms with Crippen LogP contribution in [-0.4, -0.2) is 72.1 Å². The second kappa shape index (κ2) is 13.3. The average molecular weight is 735 g/mol. The fourth-order valence-electron chi connectivity index (χ4n) is 10.2. The first-order chi connectivity index (χ1) is 25.7. The number of nitrogens with zero attached hydrogens (tertiary/aromatic N) is 3. The summed E-state index contributed by atoms with van der Waals surface area (Å²) in [5, 5.41) is 0.353. The van der Waals surface area contributed by atoms with Crippen LogP contribution in [-0.2, 0) is 32.7 Å². The summed E-state index contributed by atoms with van der Waals surface area (Å²) in [5.41, 5.74) is 7.90. The van der Waals surface area contributed by atoms with Crippen molar-refractivity contribution in [1.82, 2.24) is 19.1 Å². The van der Waals surface area contributed by atoms with E-state index in [2.05, 4.69) is 73.7 Å². The lowest BCUT2D eigenvalue weighted by Gasteiger charge is -2.57. The number of methoxy groups -OCH3 is 1. The molecule has 3 aliphatic carbocycles. The molecular formula is C43H50N4O5S. The Morgan fingerprint density at radius 3 is 2.49 bits per heavy atom. The van der Waals surface area contributed by atoms with Crippen LogP contribution < -0.4 is 9.46 Å². The molecule has 10 rings (SSSR count). The Morgan fingerprint density at radius 2 is 1.77 bits per heavy atom. The van der Waals surface area contributed by atoms with Crippen LogP contribution in [0.25, 0.3) is 10.9 Å². The van der Waals surface area contributed by atoms with Crippen LogP contribution in [0.4, 0.5) is 0 Å². The zero-order chi connectivity index (χ0) is 36.6. The lowest BCUT2D eigenvalue weighted by molar-refractivity contribution is -0.159. The van der Waals surface area contributed by atoms with Gasteiger partial charge in [-0.3, -0.25) is 14.5 Å². The molecule has 5 atom stereocenters. The van der Waals surface area contributed by atoms with Crippen LogP contribution in [0.3, 0.4) is 0 Å². The first-order valence-electron chi connectivity index (χ1n) is 19.7. The predicted octanol–water partition coefficient (Wildman–Crippen LogP) is 6.71. The van der Waals surface area contributed by atoms with Crippen molar-refractivity contribution in [2.24, 2.45) is 5.92 Å². The molecule has 3 saturated heterocycles. The number of nitrogens with one attached hydrogen (secondary N) is 1. The van der Waals surface area contributed by atoms with Crippen molar-refractivity contribution >= 4 is 32.7 Å². The largest absolute Gasteiger partial charge is 0.496 e. The lowest BCUT2D eigenvalue weighted by Crippen LogP contribution is -2.70. The van der Waals surface area contributed by atoms with Gasteiger partial charge in [-0.1, -0.05) is 74.7 Å². The topological polar surface area (TPSA) is 101 Å². The maximum absolute atomic E-state index is 15.0. The minimum atomic E-state index is -3.84. The minimum absolute atomic E-state index is 0.184. The molecule has 0 radical (unpaired) electrons. The van der Waals surface area contributed by atoms with Crippen molar-refractivity contribution in [1.29, 1.82) is 0 Å². The lowest BCUT2D eigenvalue weighted by atomic mass is 9.74. The Labute approximate surface area is 312 Å². The van der Waals surface area contributed by atoms with E-state index in [4.69, 9.17) is 4.74 Å². The van der Waals surface area contributed by atoms with Crippen LogP contribution >= 0.6 is 0 Å². The van der Waals surface area contributed by atoms with Crippen LogP contribution in [0.5, 0.6) is 5.75 Å². The van der Waals surface area contributed by atoms with Crippen molar-refractivity contribution in [3.05, 3.63) is 99.8 Å². The number of piperazine rings is 1. The quantitative estimate of drug-likeness (QED) is 0.263. The van der Waals surface area contributed by atoms with Gasteiger partial charge < -0.3 is 14.2 Å². The maximum atomic E-state index is 15.0. The van der Waals surface area contributed by atoms with Crippen LogP contribution in [0, 0.1) is 5.92 Å². The van der Waals surface area contributed by atoms with Gasteiger partial charge in [0.1, 0.15) is 5.75 Å². The normalized spacial score (nSPS) is 26.0. The van der Waals surface area contributed by atoms with Gasteiger partial charge in [-0.25, -0.2) is 13.1 Å². The third-order valence-electron chi connectivity index (χ3n) is 13.1. The molecule has 4 aliphatic heterocycles. The Kier molecular flexibility index (Phi) is 8.69. The minimum Gasteiger partial charge on any atom is -0.496 e. The summed E-state index contributed by atoms with van der Waals surface area (Å²) in [7, 11) is -2.12. The zero-order valence-corrected chi connectivity index (χ0v) is 31.8. The van der Waals surface area contributed by atoms with Gasteiger partial charge in [0.2, 0.25) is 15.9 Å². The molecule has 1 saturated carbocycles. The Hall–Kier alpha value is -4.15. The van der Waals surface area contributed by atoms with Gasteiger partial charge in [-0.2, -0.15) is 0 Å². The average Bonchev–Trinajstić information content (AvgIpc) is 3.80. The van der Waals surface area contributed by atoms with Gasteiger partial charge in [-0.15, -0.1) is 0 Å². The number of aromatic nitrogens is 1. The van der Waals surface area contributed by atoms with Gasteiger partial charge in [0, 0.05) is 55.3 Å². The third kappa shape index (κ3) is 5.79. The Bertz CT molecular complexity index is 2180. The van der Waals surface area contributed by atoms with E-state index >= 15 is 0 Å². The van der Waals surface area contributed by atoms with E-state index in [1.807, 2.05) is 6.07 Å². The molecule has 2 aromatic carbocycles. The summed E-state index contributed by atoms with van der Waals surface area (Å²) in [4.78, 5) is 33.5. The molecule has 5 heterocycles. The van der Waals surface area contributed by atoms with E-state index in [1.165, 1.54) is 30.4 Å². The number of rotatable bonds is 9. The Balaban J connectivity index is 1.12. The Morgan fingerprint density at radius 1 is 1.02 bits per heavy atom. The first kappa shape index (κ1) is 34.6. The van der Waals surface area contributed by atoms with E-state index in [9.17, 15) is 18.0 Å². The van der Waals surface area contributed by atoms with Crippen LogP contribution in [0.1, 0.15) is 93.9 Å². The number of hydrogen-bond acceptors (Lipinski definition) is 6.